The van der Waals surface area contributed by atoms with E-state index in [1.165, 1.54) is 6.07 Å². The van der Waals surface area contributed by atoms with Crippen molar-refractivity contribution in [3.63, 3.8) is 0 Å². The van der Waals surface area contributed by atoms with Gasteiger partial charge in [0.2, 0.25) is 0 Å². The topological polar surface area (TPSA) is 38.4 Å². The van der Waals surface area contributed by atoms with Gasteiger partial charge >= 0.3 is 0 Å². The molecular weight excluding hydrogens is 331 g/mol. The van der Waals surface area contributed by atoms with Gasteiger partial charge in [-0.3, -0.25) is 4.99 Å². The molecule has 0 fully saturated rings. The van der Waals surface area contributed by atoms with E-state index in [9.17, 15) is 4.39 Å². The number of amidine groups is 1. The Morgan fingerprint density at radius 2 is 2.05 bits per heavy atom. The molecule has 2 nitrogen and oxygen atoms in total. The van der Waals surface area contributed by atoms with Crippen LogP contribution >= 0.6 is 27.5 Å². The molecule has 0 bridgehead atoms. The number of aliphatic imine (C=N–C) groups is 1. The lowest BCUT2D eigenvalue weighted by atomic mass is 10.2. The lowest BCUT2D eigenvalue weighted by Crippen LogP contribution is -2.13. The summed E-state index contributed by atoms with van der Waals surface area (Å²) in [6, 6.07) is 12.0. The highest BCUT2D eigenvalue weighted by Gasteiger charge is 2.03. The average Bonchev–Trinajstić information content (AvgIpc) is 2.39. The van der Waals surface area contributed by atoms with E-state index >= 15 is 0 Å². The summed E-state index contributed by atoms with van der Waals surface area (Å²) in [4.78, 5) is 4.27. The van der Waals surface area contributed by atoms with Crippen molar-refractivity contribution in [2.75, 3.05) is 0 Å². The molecule has 0 aromatic heterocycles. The van der Waals surface area contributed by atoms with Crippen molar-refractivity contribution >= 4 is 33.4 Å². The number of benzene rings is 2. The van der Waals surface area contributed by atoms with Crippen LogP contribution in [0.3, 0.4) is 0 Å². The zero-order valence-corrected chi connectivity index (χ0v) is 12.2. The van der Waals surface area contributed by atoms with Crippen LogP contribution in [0.25, 0.3) is 0 Å². The number of rotatable bonds is 3. The number of nitrogens with zero attached hydrogens (tertiary/aromatic N) is 1. The Hall–Kier alpha value is -1.39. The van der Waals surface area contributed by atoms with E-state index < -0.39 is 0 Å². The molecule has 0 aliphatic carbocycles. The Balaban J connectivity index is 2.16. The van der Waals surface area contributed by atoms with Gasteiger partial charge in [0.05, 0.1) is 11.0 Å². The largest absolute Gasteiger partial charge is 0.383 e. The van der Waals surface area contributed by atoms with Crippen molar-refractivity contribution in [2.45, 2.75) is 6.54 Å². The summed E-state index contributed by atoms with van der Waals surface area (Å²) in [6.07, 6.45) is 0. The summed E-state index contributed by atoms with van der Waals surface area (Å²) < 4.78 is 13.5. The smallest absolute Gasteiger partial charge is 0.137 e. The molecule has 0 saturated heterocycles. The first-order valence-electron chi connectivity index (χ1n) is 5.56. The third-order valence-electron chi connectivity index (χ3n) is 2.54. The second-order valence-electron chi connectivity index (χ2n) is 3.96. The van der Waals surface area contributed by atoms with Gasteiger partial charge in [-0.25, -0.2) is 4.39 Å². The first-order valence-corrected chi connectivity index (χ1v) is 6.73. The maximum absolute atomic E-state index is 13.1. The Morgan fingerprint density at radius 3 is 2.74 bits per heavy atom. The summed E-state index contributed by atoms with van der Waals surface area (Å²) in [5.41, 5.74) is 7.52. The molecule has 0 radical (unpaired) electrons. The zero-order valence-electron chi connectivity index (χ0n) is 9.91. The van der Waals surface area contributed by atoms with Gasteiger partial charge in [-0.05, 0) is 51.8 Å². The molecule has 2 aromatic carbocycles. The maximum atomic E-state index is 13.1. The highest BCUT2D eigenvalue weighted by atomic mass is 79.9. The molecule has 0 saturated carbocycles. The van der Waals surface area contributed by atoms with E-state index in [0.717, 1.165) is 5.56 Å². The minimum atomic E-state index is -0.327. The second kappa shape index (κ2) is 6.17. The maximum Gasteiger partial charge on any atom is 0.137 e. The molecule has 2 rings (SSSR count). The Kier molecular flexibility index (Phi) is 4.56. The standard InChI is InChI=1S/C14H11BrClFN2/c15-12-7-10(4-5-13(12)17)14(18)19-8-9-2-1-3-11(16)6-9/h1-7H,8H2,(H2,18,19). The lowest BCUT2D eigenvalue weighted by molar-refractivity contribution is 0.621. The number of nitrogens with two attached hydrogens (primary N) is 1. The molecular formula is C14H11BrClFN2. The van der Waals surface area contributed by atoms with Gasteiger partial charge in [0.25, 0.3) is 0 Å². The summed E-state index contributed by atoms with van der Waals surface area (Å²) in [7, 11) is 0. The second-order valence-corrected chi connectivity index (χ2v) is 5.25. The van der Waals surface area contributed by atoms with Crippen molar-refractivity contribution in [2.24, 2.45) is 10.7 Å². The van der Waals surface area contributed by atoms with Crippen LogP contribution < -0.4 is 5.73 Å². The summed E-state index contributed by atoms with van der Waals surface area (Å²) >= 11 is 9.00. The fraction of sp³-hybridized carbons (Fsp3) is 0.0714. The quantitative estimate of drug-likeness (QED) is 0.661. The monoisotopic (exact) mass is 340 g/mol. The first kappa shape index (κ1) is 14.0. The summed E-state index contributed by atoms with van der Waals surface area (Å²) in [5.74, 6) is 0.0343. The van der Waals surface area contributed by atoms with Crippen LogP contribution in [0.5, 0.6) is 0 Å². The molecule has 19 heavy (non-hydrogen) atoms. The van der Waals surface area contributed by atoms with E-state index in [1.54, 1.807) is 18.2 Å². The minimum Gasteiger partial charge on any atom is -0.383 e. The molecule has 0 aliphatic heterocycles. The van der Waals surface area contributed by atoms with Crippen LogP contribution in [-0.2, 0) is 6.54 Å². The molecule has 0 spiro atoms. The number of hydrogen-bond donors (Lipinski definition) is 1. The van der Waals surface area contributed by atoms with Crippen LogP contribution in [0.2, 0.25) is 5.02 Å². The first-order chi connectivity index (χ1) is 9.06. The highest BCUT2D eigenvalue weighted by molar-refractivity contribution is 9.10. The molecule has 0 aliphatic rings. The van der Waals surface area contributed by atoms with Crippen LogP contribution in [0.4, 0.5) is 4.39 Å². The fourth-order valence-electron chi connectivity index (χ4n) is 1.56. The van der Waals surface area contributed by atoms with E-state index in [4.69, 9.17) is 17.3 Å². The van der Waals surface area contributed by atoms with Crippen molar-refractivity contribution in [1.29, 1.82) is 0 Å². The number of hydrogen-bond acceptors (Lipinski definition) is 1. The SMILES string of the molecule is NC(=NCc1cccc(Cl)c1)c1ccc(F)c(Br)c1. The van der Waals surface area contributed by atoms with Gasteiger partial charge in [0, 0.05) is 10.6 Å². The molecule has 2 aromatic rings. The van der Waals surface area contributed by atoms with Gasteiger partial charge in [0.1, 0.15) is 11.7 Å². The predicted octanol–water partition coefficient (Wildman–Crippen LogP) is 4.15. The zero-order chi connectivity index (χ0) is 13.8. The van der Waals surface area contributed by atoms with E-state index in [2.05, 4.69) is 20.9 Å². The Morgan fingerprint density at radius 1 is 1.26 bits per heavy atom. The van der Waals surface area contributed by atoms with E-state index in [1.807, 2.05) is 18.2 Å². The summed E-state index contributed by atoms with van der Waals surface area (Å²) in [6.45, 7) is 0.432. The lowest BCUT2D eigenvalue weighted by Gasteiger charge is -2.03. The fourth-order valence-corrected chi connectivity index (χ4v) is 2.15. The highest BCUT2D eigenvalue weighted by Crippen LogP contribution is 2.17. The van der Waals surface area contributed by atoms with Crippen LogP contribution in [-0.4, -0.2) is 5.84 Å². The Labute approximate surface area is 124 Å². The van der Waals surface area contributed by atoms with Gasteiger partial charge in [-0.1, -0.05) is 23.7 Å². The molecule has 0 heterocycles. The van der Waals surface area contributed by atoms with E-state index in [-0.39, 0.29) is 5.82 Å². The third-order valence-corrected chi connectivity index (χ3v) is 3.38. The molecule has 98 valence electrons. The Bertz CT molecular complexity index is 629. The molecule has 2 N–H and O–H groups in total. The third kappa shape index (κ3) is 3.78. The normalized spacial score (nSPS) is 11.6. The minimum absolute atomic E-state index is 0.327. The van der Waals surface area contributed by atoms with Gasteiger partial charge in [-0.2, -0.15) is 0 Å². The van der Waals surface area contributed by atoms with Gasteiger partial charge < -0.3 is 5.73 Å². The molecule has 0 amide bonds. The van der Waals surface area contributed by atoms with Crippen molar-refractivity contribution in [3.8, 4) is 0 Å². The van der Waals surface area contributed by atoms with Crippen molar-refractivity contribution in [1.82, 2.24) is 0 Å². The van der Waals surface area contributed by atoms with Crippen LogP contribution in [0, 0.1) is 5.82 Å². The van der Waals surface area contributed by atoms with Crippen molar-refractivity contribution < 1.29 is 4.39 Å². The summed E-state index contributed by atoms with van der Waals surface area (Å²) in [5, 5.41) is 0.663. The van der Waals surface area contributed by atoms with Crippen LogP contribution in [0.15, 0.2) is 51.9 Å². The predicted molar refractivity (Wildman–Crippen MR) is 80.0 cm³/mol. The number of halogens is 3. The molecule has 0 atom stereocenters. The molecule has 0 unspecified atom stereocenters. The van der Waals surface area contributed by atoms with Gasteiger partial charge in [-0.15, -0.1) is 0 Å². The van der Waals surface area contributed by atoms with Gasteiger partial charge in [0.15, 0.2) is 0 Å². The molecule has 5 heteroatoms. The van der Waals surface area contributed by atoms with Crippen molar-refractivity contribution in [3.05, 3.63) is 68.9 Å². The van der Waals surface area contributed by atoms with Crippen LogP contribution in [0.1, 0.15) is 11.1 Å². The average molecular weight is 342 g/mol. The van der Waals surface area contributed by atoms with E-state index in [0.29, 0.717) is 27.4 Å².